The van der Waals surface area contributed by atoms with Crippen molar-refractivity contribution in [2.75, 3.05) is 7.11 Å². The van der Waals surface area contributed by atoms with Crippen molar-refractivity contribution in [3.8, 4) is 0 Å². The summed E-state index contributed by atoms with van der Waals surface area (Å²) < 4.78 is 5.43. The molecule has 64 valence electrons. The van der Waals surface area contributed by atoms with E-state index < -0.39 is 0 Å². The molecule has 1 fully saturated rings. The molecule has 0 aliphatic heterocycles. The van der Waals surface area contributed by atoms with Gasteiger partial charge in [0.15, 0.2) is 0 Å². The monoisotopic (exact) mass is 182 g/mol. The Balaban J connectivity index is 2.34. The van der Waals surface area contributed by atoms with Gasteiger partial charge in [0, 0.05) is 12.1 Å². The van der Waals surface area contributed by atoms with Crippen molar-refractivity contribution < 1.29 is 4.74 Å². The average molecular weight is 183 g/mol. The van der Waals surface area contributed by atoms with E-state index in [2.05, 4.69) is 6.07 Å². The zero-order valence-electron chi connectivity index (χ0n) is 7.01. The summed E-state index contributed by atoms with van der Waals surface area (Å²) in [7, 11) is 1.76. The fraction of sp³-hybridized carbons (Fsp3) is 0.400. The van der Waals surface area contributed by atoms with Crippen LogP contribution in [0.25, 0.3) is 0 Å². The SMILES string of the molecule is COC1(c2cccc(Cl)c2)CC1. The van der Waals surface area contributed by atoms with Gasteiger partial charge >= 0.3 is 0 Å². The third-order valence-corrected chi connectivity index (χ3v) is 2.68. The van der Waals surface area contributed by atoms with Crippen LogP contribution in [0.5, 0.6) is 0 Å². The van der Waals surface area contributed by atoms with E-state index in [1.165, 1.54) is 5.56 Å². The molecule has 1 aromatic carbocycles. The molecule has 0 bridgehead atoms. The van der Waals surface area contributed by atoms with E-state index in [-0.39, 0.29) is 5.60 Å². The van der Waals surface area contributed by atoms with Gasteiger partial charge in [0.25, 0.3) is 0 Å². The minimum Gasteiger partial charge on any atom is -0.374 e. The number of halogens is 1. The van der Waals surface area contributed by atoms with Gasteiger partial charge in [0.2, 0.25) is 0 Å². The lowest BCUT2D eigenvalue weighted by molar-refractivity contribution is 0.0789. The quantitative estimate of drug-likeness (QED) is 0.684. The van der Waals surface area contributed by atoms with Gasteiger partial charge in [-0.2, -0.15) is 0 Å². The van der Waals surface area contributed by atoms with Crippen molar-refractivity contribution in [1.82, 2.24) is 0 Å². The molecule has 0 atom stereocenters. The molecule has 2 heteroatoms. The van der Waals surface area contributed by atoms with E-state index in [0.717, 1.165) is 17.9 Å². The number of ether oxygens (including phenoxy) is 1. The Morgan fingerprint density at radius 3 is 2.67 bits per heavy atom. The summed E-state index contributed by atoms with van der Waals surface area (Å²) in [5.41, 5.74) is 1.20. The van der Waals surface area contributed by atoms with E-state index in [9.17, 15) is 0 Å². The van der Waals surface area contributed by atoms with Crippen LogP contribution in [-0.2, 0) is 10.3 Å². The van der Waals surface area contributed by atoms with Crippen molar-refractivity contribution >= 4 is 11.6 Å². The first kappa shape index (κ1) is 8.09. The molecule has 0 radical (unpaired) electrons. The summed E-state index contributed by atoms with van der Waals surface area (Å²) in [5.74, 6) is 0. The summed E-state index contributed by atoms with van der Waals surface area (Å²) in [5, 5.41) is 0.788. The van der Waals surface area contributed by atoms with Crippen molar-refractivity contribution in [2.24, 2.45) is 0 Å². The maximum absolute atomic E-state index is 5.88. The van der Waals surface area contributed by atoms with Gasteiger partial charge in [-0.25, -0.2) is 0 Å². The molecule has 1 aliphatic rings. The van der Waals surface area contributed by atoms with Crippen LogP contribution in [0.15, 0.2) is 24.3 Å². The second-order valence-electron chi connectivity index (χ2n) is 3.21. The molecule has 0 unspecified atom stereocenters. The second-order valence-corrected chi connectivity index (χ2v) is 3.65. The van der Waals surface area contributed by atoms with Gasteiger partial charge in [-0.15, -0.1) is 0 Å². The number of hydrogen-bond acceptors (Lipinski definition) is 1. The molecule has 0 N–H and O–H groups in total. The first-order chi connectivity index (χ1) is 5.77. The first-order valence-electron chi connectivity index (χ1n) is 4.08. The van der Waals surface area contributed by atoms with Gasteiger partial charge in [-0.1, -0.05) is 23.7 Å². The third kappa shape index (κ3) is 1.23. The van der Waals surface area contributed by atoms with Crippen molar-refractivity contribution in [2.45, 2.75) is 18.4 Å². The zero-order chi connectivity index (χ0) is 8.60. The normalized spacial score (nSPS) is 19.2. The van der Waals surface area contributed by atoms with Gasteiger partial charge < -0.3 is 4.74 Å². The summed E-state index contributed by atoms with van der Waals surface area (Å²) >= 11 is 5.88. The lowest BCUT2D eigenvalue weighted by atomic mass is 10.1. The highest BCUT2D eigenvalue weighted by Gasteiger charge is 2.44. The smallest absolute Gasteiger partial charge is 0.0930 e. The maximum Gasteiger partial charge on any atom is 0.0930 e. The molecule has 1 aliphatic carbocycles. The minimum atomic E-state index is -0.00903. The summed E-state index contributed by atoms with van der Waals surface area (Å²) in [6.45, 7) is 0. The minimum absolute atomic E-state index is 0.00903. The Hall–Kier alpha value is -0.530. The number of hydrogen-bond donors (Lipinski definition) is 0. The Morgan fingerprint density at radius 1 is 1.42 bits per heavy atom. The van der Waals surface area contributed by atoms with Crippen LogP contribution >= 0.6 is 11.6 Å². The highest BCUT2D eigenvalue weighted by atomic mass is 35.5. The van der Waals surface area contributed by atoms with E-state index in [4.69, 9.17) is 16.3 Å². The molecule has 0 spiro atoms. The van der Waals surface area contributed by atoms with Crippen LogP contribution in [0.3, 0.4) is 0 Å². The molecule has 1 nitrogen and oxygen atoms in total. The summed E-state index contributed by atoms with van der Waals surface area (Å²) in [4.78, 5) is 0. The van der Waals surface area contributed by atoms with Crippen LogP contribution in [0.4, 0.5) is 0 Å². The van der Waals surface area contributed by atoms with E-state index in [1.807, 2.05) is 18.2 Å². The Bertz CT molecular complexity index is 292. The Kier molecular flexibility index (Phi) is 1.85. The van der Waals surface area contributed by atoms with Gasteiger partial charge in [0.1, 0.15) is 0 Å². The molecule has 0 amide bonds. The Labute approximate surface area is 77.3 Å². The lowest BCUT2D eigenvalue weighted by Crippen LogP contribution is -2.08. The molecular formula is C10H11ClO. The van der Waals surface area contributed by atoms with Crippen molar-refractivity contribution in [3.05, 3.63) is 34.9 Å². The van der Waals surface area contributed by atoms with Crippen molar-refractivity contribution in [1.29, 1.82) is 0 Å². The molecule has 1 saturated carbocycles. The number of rotatable bonds is 2. The third-order valence-electron chi connectivity index (χ3n) is 2.45. The maximum atomic E-state index is 5.88. The van der Waals surface area contributed by atoms with Crippen LogP contribution in [-0.4, -0.2) is 7.11 Å². The standard InChI is InChI=1S/C10H11ClO/c1-12-10(5-6-10)8-3-2-4-9(11)7-8/h2-4,7H,5-6H2,1H3. The van der Waals surface area contributed by atoms with Crippen LogP contribution in [0, 0.1) is 0 Å². The van der Waals surface area contributed by atoms with E-state index in [1.54, 1.807) is 7.11 Å². The molecule has 0 heterocycles. The fourth-order valence-electron chi connectivity index (χ4n) is 1.50. The molecular weight excluding hydrogens is 172 g/mol. The molecule has 0 saturated heterocycles. The van der Waals surface area contributed by atoms with Crippen LogP contribution in [0.2, 0.25) is 5.02 Å². The zero-order valence-corrected chi connectivity index (χ0v) is 7.77. The largest absolute Gasteiger partial charge is 0.374 e. The lowest BCUT2D eigenvalue weighted by Gasteiger charge is -2.13. The van der Waals surface area contributed by atoms with Gasteiger partial charge in [0.05, 0.1) is 5.60 Å². The second kappa shape index (κ2) is 2.75. The predicted octanol–water partition coefficient (Wildman–Crippen LogP) is 2.98. The number of benzene rings is 1. The van der Waals surface area contributed by atoms with Gasteiger partial charge in [-0.3, -0.25) is 0 Å². The summed E-state index contributed by atoms with van der Waals surface area (Å²) in [6.07, 6.45) is 2.23. The molecule has 12 heavy (non-hydrogen) atoms. The summed E-state index contributed by atoms with van der Waals surface area (Å²) in [6, 6.07) is 7.91. The average Bonchev–Trinajstić information content (AvgIpc) is 2.84. The Morgan fingerprint density at radius 2 is 2.17 bits per heavy atom. The van der Waals surface area contributed by atoms with Gasteiger partial charge in [-0.05, 0) is 30.5 Å². The molecule has 0 aromatic heterocycles. The molecule has 1 aromatic rings. The highest BCUT2D eigenvalue weighted by Crippen LogP contribution is 2.48. The van der Waals surface area contributed by atoms with E-state index in [0.29, 0.717) is 0 Å². The number of methoxy groups -OCH3 is 1. The first-order valence-corrected chi connectivity index (χ1v) is 4.46. The highest BCUT2D eigenvalue weighted by molar-refractivity contribution is 6.30. The van der Waals surface area contributed by atoms with Crippen LogP contribution < -0.4 is 0 Å². The van der Waals surface area contributed by atoms with E-state index >= 15 is 0 Å². The fourth-order valence-corrected chi connectivity index (χ4v) is 1.69. The predicted molar refractivity (Wildman–Crippen MR) is 49.4 cm³/mol. The van der Waals surface area contributed by atoms with Crippen molar-refractivity contribution in [3.63, 3.8) is 0 Å². The van der Waals surface area contributed by atoms with Crippen LogP contribution in [0.1, 0.15) is 18.4 Å². The topological polar surface area (TPSA) is 9.23 Å². The molecule has 2 rings (SSSR count).